The summed E-state index contributed by atoms with van der Waals surface area (Å²) in [6.07, 6.45) is 5.36. The van der Waals surface area contributed by atoms with E-state index >= 15 is 0 Å². The van der Waals surface area contributed by atoms with Crippen LogP contribution in [0.4, 0.5) is 0 Å². The third kappa shape index (κ3) is 2.27. The second kappa shape index (κ2) is 4.71. The van der Waals surface area contributed by atoms with Crippen LogP contribution in [0.25, 0.3) is 5.57 Å². The Balaban J connectivity index is 2.35. The van der Waals surface area contributed by atoms with E-state index in [2.05, 4.69) is 25.1 Å². The van der Waals surface area contributed by atoms with Crippen LogP contribution < -0.4 is 10.5 Å². The lowest BCUT2D eigenvalue weighted by Gasteiger charge is -2.20. The molecule has 0 fully saturated rings. The van der Waals surface area contributed by atoms with E-state index in [1.807, 2.05) is 6.07 Å². The zero-order valence-corrected chi connectivity index (χ0v) is 9.99. The normalized spacial score (nSPS) is 20.4. The Morgan fingerprint density at radius 3 is 2.81 bits per heavy atom. The molecule has 1 aromatic rings. The van der Waals surface area contributed by atoms with Crippen LogP contribution in [0, 0.1) is 6.92 Å². The SMILES string of the molecule is COc1ccc(C)cc1C1=CCC(N)CC1. The predicted octanol–water partition coefficient (Wildman–Crippen LogP) is 2.90. The average Bonchev–Trinajstić information content (AvgIpc) is 2.30. The first kappa shape index (κ1) is 11.2. The molecule has 1 atom stereocenters. The Kier molecular flexibility index (Phi) is 3.30. The van der Waals surface area contributed by atoms with Crippen molar-refractivity contribution in [3.63, 3.8) is 0 Å². The highest BCUT2D eigenvalue weighted by Crippen LogP contribution is 2.33. The molecule has 0 amide bonds. The van der Waals surface area contributed by atoms with Crippen LogP contribution in [0.3, 0.4) is 0 Å². The summed E-state index contributed by atoms with van der Waals surface area (Å²) in [7, 11) is 1.73. The third-order valence-corrected chi connectivity index (χ3v) is 3.15. The standard InChI is InChI=1S/C14H19NO/c1-10-3-8-14(16-2)13(9-10)11-4-6-12(15)7-5-11/h3-4,8-9,12H,5-7,15H2,1-2H3. The van der Waals surface area contributed by atoms with Gasteiger partial charge in [0.05, 0.1) is 7.11 Å². The highest BCUT2D eigenvalue weighted by atomic mass is 16.5. The molecular weight excluding hydrogens is 198 g/mol. The lowest BCUT2D eigenvalue weighted by Crippen LogP contribution is -2.21. The van der Waals surface area contributed by atoms with Gasteiger partial charge >= 0.3 is 0 Å². The Morgan fingerprint density at radius 2 is 2.19 bits per heavy atom. The van der Waals surface area contributed by atoms with Crippen molar-refractivity contribution in [1.82, 2.24) is 0 Å². The topological polar surface area (TPSA) is 35.2 Å². The second-order valence-corrected chi connectivity index (χ2v) is 4.47. The molecule has 1 aliphatic carbocycles. The van der Waals surface area contributed by atoms with Gasteiger partial charge in [-0.2, -0.15) is 0 Å². The molecule has 2 rings (SSSR count). The molecule has 0 aliphatic heterocycles. The fourth-order valence-corrected chi connectivity index (χ4v) is 2.17. The minimum atomic E-state index is 0.333. The molecule has 1 aliphatic rings. The molecule has 0 bridgehead atoms. The summed E-state index contributed by atoms with van der Waals surface area (Å²) in [5.41, 5.74) is 9.78. The van der Waals surface area contributed by atoms with Gasteiger partial charge in [-0.3, -0.25) is 0 Å². The number of hydrogen-bond donors (Lipinski definition) is 1. The Bertz CT molecular complexity index is 409. The summed E-state index contributed by atoms with van der Waals surface area (Å²) < 4.78 is 5.41. The maximum Gasteiger partial charge on any atom is 0.126 e. The van der Waals surface area contributed by atoms with Crippen molar-refractivity contribution in [3.8, 4) is 5.75 Å². The predicted molar refractivity (Wildman–Crippen MR) is 67.5 cm³/mol. The summed E-state index contributed by atoms with van der Waals surface area (Å²) in [4.78, 5) is 0. The lowest BCUT2D eigenvalue weighted by atomic mass is 9.90. The smallest absolute Gasteiger partial charge is 0.126 e. The number of aryl methyl sites for hydroxylation is 1. The molecule has 1 unspecified atom stereocenters. The molecule has 0 heterocycles. The van der Waals surface area contributed by atoms with E-state index in [1.54, 1.807) is 7.11 Å². The van der Waals surface area contributed by atoms with Crippen LogP contribution in [-0.2, 0) is 0 Å². The Hall–Kier alpha value is -1.28. The maximum atomic E-state index is 5.90. The molecule has 2 N–H and O–H groups in total. The summed E-state index contributed by atoms with van der Waals surface area (Å²) in [5.74, 6) is 0.965. The summed E-state index contributed by atoms with van der Waals surface area (Å²) in [6, 6.07) is 6.65. The van der Waals surface area contributed by atoms with Crippen LogP contribution in [0.2, 0.25) is 0 Å². The minimum absolute atomic E-state index is 0.333. The molecule has 0 spiro atoms. The van der Waals surface area contributed by atoms with Crippen molar-refractivity contribution in [3.05, 3.63) is 35.4 Å². The Morgan fingerprint density at radius 1 is 1.38 bits per heavy atom. The summed E-state index contributed by atoms with van der Waals surface area (Å²) in [6.45, 7) is 2.11. The van der Waals surface area contributed by atoms with Crippen LogP contribution >= 0.6 is 0 Å². The minimum Gasteiger partial charge on any atom is -0.496 e. The largest absolute Gasteiger partial charge is 0.496 e. The first-order valence-electron chi connectivity index (χ1n) is 5.80. The van der Waals surface area contributed by atoms with Crippen molar-refractivity contribution in [2.45, 2.75) is 32.2 Å². The van der Waals surface area contributed by atoms with Crippen molar-refractivity contribution < 1.29 is 4.74 Å². The lowest BCUT2D eigenvalue weighted by molar-refractivity contribution is 0.413. The highest BCUT2D eigenvalue weighted by Gasteiger charge is 2.14. The van der Waals surface area contributed by atoms with Crippen LogP contribution in [-0.4, -0.2) is 13.2 Å². The number of rotatable bonds is 2. The summed E-state index contributed by atoms with van der Waals surface area (Å²) >= 11 is 0. The maximum absolute atomic E-state index is 5.90. The van der Waals surface area contributed by atoms with Crippen LogP contribution in [0.15, 0.2) is 24.3 Å². The van der Waals surface area contributed by atoms with Gasteiger partial charge in [0.25, 0.3) is 0 Å². The fraction of sp³-hybridized carbons (Fsp3) is 0.429. The molecule has 0 saturated carbocycles. The van der Waals surface area contributed by atoms with Crippen LogP contribution in [0.1, 0.15) is 30.4 Å². The quantitative estimate of drug-likeness (QED) is 0.826. The van der Waals surface area contributed by atoms with E-state index in [9.17, 15) is 0 Å². The number of benzene rings is 1. The van der Waals surface area contributed by atoms with Gasteiger partial charge < -0.3 is 10.5 Å². The number of methoxy groups -OCH3 is 1. The van der Waals surface area contributed by atoms with Crippen molar-refractivity contribution in [1.29, 1.82) is 0 Å². The van der Waals surface area contributed by atoms with Gasteiger partial charge in [0.2, 0.25) is 0 Å². The van der Waals surface area contributed by atoms with Crippen molar-refractivity contribution in [2.24, 2.45) is 5.73 Å². The average molecular weight is 217 g/mol. The highest BCUT2D eigenvalue weighted by molar-refractivity contribution is 5.71. The van der Waals surface area contributed by atoms with E-state index in [-0.39, 0.29) is 0 Å². The molecule has 2 heteroatoms. The number of ether oxygens (including phenoxy) is 1. The molecule has 0 aromatic heterocycles. The van der Waals surface area contributed by atoms with Crippen molar-refractivity contribution >= 4 is 5.57 Å². The van der Waals surface area contributed by atoms with Gasteiger partial charge in [0.15, 0.2) is 0 Å². The van der Waals surface area contributed by atoms with Gasteiger partial charge in [-0.1, -0.05) is 17.7 Å². The zero-order valence-electron chi connectivity index (χ0n) is 9.99. The summed E-state index contributed by atoms with van der Waals surface area (Å²) in [5, 5.41) is 0. The van der Waals surface area contributed by atoms with Crippen molar-refractivity contribution in [2.75, 3.05) is 7.11 Å². The fourth-order valence-electron chi connectivity index (χ4n) is 2.17. The van der Waals surface area contributed by atoms with Gasteiger partial charge in [0, 0.05) is 11.6 Å². The van der Waals surface area contributed by atoms with E-state index in [4.69, 9.17) is 10.5 Å². The van der Waals surface area contributed by atoms with E-state index in [1.165, 1.54) is 16.7 Å². The Labute approximate surface area is 97.1 Å². The first-order valence-corrected chi connectivity index (χ1v) is 5.80. The van der Waals surface area contributed by atoms with Gasteiger partial charge in [0.1, 0.15) is 5.75 Å². The zero-order chi connectivity index (χ0) is 11.5. The molecule has 1 aromatic carbocycles. The monoisotopic (exact) mass is 217 g/mol. The molecule has 2 nitrogen and oxygen atoms in total. The molecule has 16 heavy (non-hydrogen) atoms. The first-order chi connectivity index (χ1) is 7.70. The molecule has 0 saturated heterocycles. The number of allylic oxidation sites excluding steroid dienone is 1. The molecule has 0 radical (unpaired) electrons. The van der Waals surface area contributed by atoms with Crippen LogP contribution in [0.5, 0.6) is 5.75 Å². The van der Waals surface area contributed by atoms with Gasteiger partial charge in [-0.25, -0.2) is 0 Å². The van der Waals surface area contributed by atoms with E-state index in [0.717, 1.165) is 25.0 Å². The molecular formula is C14H19NO. The van der Waals surface area contributed by atoms with Gasteiger partial charge in [-0.05, 0) is 43.9 Å². The van der Waals surface area contributed by atoms with E-state index < -0.39 is 0 Å². The van der Waals surface area contributed by atoms with Gasteiger partial charge in [-0.15, -0.1) is 0 Å². The molecule has 86 valence electrons. The second-order valence-electron chi connectivity index (χ2n) is 4.47. The third-order valence-electron chi connectivity index (χ3n) is 3.15. The van der Waals surface area contributed by atoms with E-state index in [0.29, 0.717) is 6.04 Å². The number of nitrogens with two attached hydrogens (primary N) is 1. The number of hydrogen-bond acceptors (Lipinski definition) is 2.